The maximum absolute atomic E-state index is 13.3. The molecule has 4 rings (SSSR count). The molecule has 0 bridgehead atoms. The summed E-state index contributed by atoms with van der Waals surface area (Å²) < 4.78 is 28.7. The first-order valence-corrected chi connectivity index (χ1v) is 15.4. The standard InChI is InChI=1S/C26H30N4O4S3/c1-17(2)14-21(29-25(32)23-15-18-6-3-4-8-22(18)36-23)24(31)28-20-7-5-11-30(12-9-20)37(33,34)26-19(16-27)10-13-35-26/h3-4,6,8,10,13,15,17,20-21H,5,7,9,11-12,14H2,1-2H3,(H,28,31)(H,29,32)/t20-,21?/m1/s1. The molecule has 0 saturated carbocycles. The van der Waals surface area contributed by atoms with Crippen molar-refractivity contribution in [2.75, 3.05) is 13.1 Å². The molecule has 1 aromatic carbocycles. The molecule has 2 atom stereocenters. The lowest BCUT2D eigenvalue weighted by Crippen LogP contribution is -2.50. The monoisotopic (exact) mass is 558 g/mol. The first-order chi connectivity index (χ1) is 17.7. The third-order valence-electron chi connectivity index (χ3n) is 6.34. The van der Waals surface area contributed by atoms with Crippen LogP contribution in [0, 0.1) is 17.2 Å². The number of amides is 2. The molecule has 0 aliphatic carbocycles. The van der Waals surface area contributed by atoms with Crippen LogP contribution >= 0.6 is 22.7 Å². The first-order valence-electron chi connectivity index (χ1n) is 12.3. The summed E-state index contributed by atoms with van der Waals surface area (Å²) >= 11 is 2.44. The molecule has 1 aliphatic heterocycles. The van der Waals surface area contributed by atoms with Crippen molar-refractivity contribution >= 4 is 54.6 Å². The minimum absolute atomic E-state index is 0.0680. The van der Waals surface area contributed by atoms with Crippen molar-refractivity contribution in [1.82, 2.24) is 14.9 Å². The predicted octanol–water partition coefficient (Wildman–Crippen LogP) is 4.34. The van der Waals surface area contributed by atoms with Gasteiger partial charge < -0.3 is 10.6 Å². The Hall–Kier alpha value is -2.78. The predicted molar refractivity (Wildman–Crippen MR) is 146 cm³/mol. The maximum Gasteiger partial charge on any atom is 0.262 e. The lowest BCUT2D eigenvalue weighted by atomic mass is 10.0. The van der Waals surface area contributed by atoms with Crippen LogP contribution in [0.15, 0.2) is 46.0 Å². The Kier molecular flexibility index (Phi) is 8.64. The number of benzene rings is 1. The van der Waals surface area contributed by atoms with Gasteiger partial charge in [-0.3, -0.25) is 9.59 Å². The molecule has 1 aliphatic rings. The van der Waals surface area contributed by atoms with Crippen LogP contribution in [0.5, 0.6) is 0 Å². The summed E-state index contributed by atoms with van der Waals surface area (Å²) in [5.41, 5.74) is 0.157. The van der Waals surface area contributed by atoms with Gasteiger partial charge in [-0.1, -0.05) is 32.0 Å². The van der Waals surface area contributed by atoms with E-state index in [9.17, 15) is 23.3 Å². The van der Waals surface area contributed by atoms with E-state index in [0.29, 0.717) is 37.1 Å². The molecule has 1 unspecified atom stereocenters. The normalized spacial score (nSPS) is 17.7. The highest BCUT2D eigenvalue weighted by atomic mass is 32.2. The van der Waals surface area contributed by atoms with Crippen LogP contribution in [0.1, 0.15) is 54.8 Å². The topological polar surface area (TPSA) is 119 Å². The number of rotatable bonds is 8. The van der Waals surface area contributed by atoms with Gasteiger partial charge in [0, 0.05) is 23.8 Å². The largest absolute Gasteiger partial charge is 0.352 e. The molecule has 0 spiro atoms. The van der Waals surface area contributed by atoms with E-state index in [1.165, 1.54) is 21.7 Å². The summed E-state index contributed by atoms with van der Waals surface area (Å²) in [5.74, 6) is -0.341. The van der Waals surface area contributed by atoms with E-state index in [1.54, 1.807) is 5.38 Å². The average molecular weight is 559 g/mol. The minimum atomic E-state index is -3.77. The number of nitrogens with one attached hydrogen (secondary N) is 2. The van der Waals surface area contributed by atoms with Crippen LogP contribution in [0.3, 0.4) is 0 Å². The summed E-state index contributed by atoms with van der Waals surface area (Å²) in [6.45, 7) is 4.58. The average Bonchev–Trinajstić information content (AvgIpc) is 3.46. The molecule has 1 fully saturated rings. The summed E-state index contributed by atoms with van der Waals surface area (Å²) in [6.07, 6.45) is 2.16. The zero-order valence-electron chi connectivity index (χ0n) is 20.8. The zero-order chi connectivity index (χ0) is 26.6. The Morgan fingerprint density at radius 1 is 1.19 bits per heavy atom. The number of carbonyl (C=O) groups excluding carboxylic acids is 2. The van der Waals surface area contributed by atoms with Crippen molar-refractivity contribution in [3.05, 3.63) is 52.2 Å². The number of hydrogen-bond acceptors (Lipinski definition) is 7. The zero-order valence-corrected chi connectivity index (χ0v) is 23.2. The van der Waals surface area contributed by atoms with Gasteiger partial charge in [-0.15, -0.1) is 22.7 Å². The molecule has 37 heavy (non-hydrogen) atoms. The van der Waals surface area contributed by atoms with Gasteiger partial charge in [-0.05, 0) is 60.6 Å². The second kappa shape index (κ2) is 11.7. The molecule has 3 heterocycles. The number of carbonyl (C=O) groups is 2. The van der Waals surface area contributed by atoms with Crippen molar-refractivity contribution in [3.8, 4) is 6.07 Å². The highest BCUT2D eigenvalue weighted by molar-refractivity contribution is 7.91. The Balaban J connectivity index is 1.40. The van der Waals surface area contributed by atoms with Gasteiger partial charge in [0.2, 0.25) is 5.91 Å². The smallest absolute Gasteiger partial charge is 0.262 e. The number of hydrogen-bond donors (Lipinski definition) is 2. The van der Waals surface area contributed by atoms with Gasteiger partial charge in [-0.25, -0.2) is 8.42 Å². The maximum atomic E-state index is 13.3. The lowest BCUT2D eigenvalue weighted by molar-refractivity contribution is -0.124. The van der Waals surface area contributed by atoms with E-state index in [0.717, 1.165) is 21.4 Å². The van der Waals surface area contributed by atoms with E-state index in [1.807, 2.05) is 50.2 Å². The van der Waals surface area contributed by atoms with Gasteiger partial charge in [0.1, 0.15) is 12.1 Å². The number of nitriles is 1. The molecular formula is C26H30N4O4S3. The molecule has 2 N–H and O–H groups in total. The Morgan fingerprint density at radius 2 is 1.97 bits per heavy atom. The minimum Gasteiger partial charge on any atom is -0.352 e. The van der Waals surface area contributed by atoms with Crippen LogP contribution in [0.2, 0.25) is 0 Å². The van der Waals surface area contributed by atoms with E-state index in [2.05, 4.69) is 10.6 Å². The highest BCUT2D eigenvalue weighted by Gasteiger charge is 2.32. The van der Waals surface area contributed by atoms with Crippen molar-refractivity contribution in [1.29, 1.82) is 5.26 Å². The third-order valence-corrected chi connectivity index (χ3v) is 10.8. The quantitative estimate of drug-likeness (QED) is 0.426. The van der Waals surface area contributed by atoms with E-state index >= 15 is 0 Å². The Labute approximate surface area is 225 Å². The Morgan fingerprint density at radius 3 is 2.70 bits per heavy atom. The second-order valence-corrected chi connectivity index (χ2v) is 13.7. The fourth-order valence-corrected chi connectivity index (χ4v) is 8.32. The fourth-order valence-electron chi connectivity index (χ4n) is 4.48. The molecule has 0 radical (unpaired) electrons. The third kappa shape index (κ3) is 6.38. The molecular weight excluding hydrogens is 529 g/mol. The lowest BCUT2D eigenvalue weighted by Gasteiger charge is -2.24. The van der Waals surface area contributed by atoms with Crippen molar-refractivity contribution in [2.24, 2.45) is 5.92 Å². The van der Waals surface area contributed by atoms with Gasteiger partial charge in [0.15, 0.2) is 4.21 Å². The van der Waals surface area contributed by atoms with Crippen LogP contribution < -0.4 is 10.6 Å². The van der Waals surface area contributed by atoms with E-state index in [-0.39, 0.29) is 40.1 Å². The molecule has 1 saturated heterocycles. The van der Waals surface area contributed by atoms with Crippen LogP contribution in [0.4, 0.5) is 0 Å². The van der Waals surface area contributed by atoms with Gasteiger partial charge in [-0.2, -0.15) is 9.57 Å². The number of thiophene rings is 2. The van der Waals surface area contributed by atoms with E-state index < -0.39 is 16.1 Å². The van der Waals surface area contributed by atoms with Crippen molar-refractivity contribution in [3.63, 3.8) is 0 Å². The highest BCUT2D eigenvalue weighted by Crippen LogP contribution is 2.28. The van der Waals surface area contributed by atoms with Crippen LogP contribution in [-0.2, 0) is 14.8 Å². The molecule has 8 nitrogen and oxygen atoms in total. The number of fused-ring (bicyclic) bond motifs is 1. The van der Waals surface area contributed by atoms with Crippen LogP contribution in [-0.4, -0.2) is 49.7 Å². The summed E-state index contributed by atoms with van der Waals surface area (Å²) in [7, 11) is -3.77. The summed E-state index contributed by atoms with van der Waals surface area (Å²) in [4.78, 5) is 26.8. The van der Waals surface area contributed by atoms with Gasteiger partial charge in [0.05, 0.1) is 10.4 Å². The SMILES string of the molecule is CC(C)CC(NC(=O)c1cc2ccccc2s1)C(=O)N[C@@H]1CCCN(S(=O)(=O)c2sccc2C#N)CC1. The number of nitrogens with zero attached hydrogens (tertiary/aromatic N) is 2. The molecule has 11 heteroatoms. The molecule has 3 aromatic rings. The number of sulfonamides is 1. The molecule has 2 amide bonds. The van der Waals surface area contributed by atoms with Gasteiger partial charge >= 0.3 is 0 Å². The Bertz CT molecular complexity index is 1390. The molecule has 196 valence electrons. The van der Waals surface area contributed by atoms with Crippen LogP contribution in [0.25, 0.3) is 10.1 Å². The summed E-state index contributed by atoms with van der Waals surface area (Å²) in [5, 5.41) is 17.8. The summed E-state index contributed by atoms with van der Waals surface area (Å²) in [6, 6.07) is 12.2. The molecule has 2 aromatic heterocycles. The second-order valence-electron chi connectivity index (χ2n) is 9.58. The fraction of sp³-hybridized carbons (Fsp3) is 0.423. The van der Waals surface area contributed by atoms with E-state index in [4.69, 9.17) is 0 Å². The van der Waals surface area contributed by atoms with Gasteiger partial charge in [0.25, 0.3) is 15.9 Å². The first kappa shape index (κ1) is 27.3. The van der Waals surface area contributed by atoms with Crippen molar-refractivity contribution in [2.45, 2.75) is 55.8 Å². The van der Waals surface area contributed by atoms with Crippen molar-refractivity contribution < 1.29 is 18.0 Å².